The van der Waals surface area contributed by atoms with Gasteiger partial charge in [0, 0.05) is 6.20 Å². The molecule has 2 N–H and O–H groups in total. The molecule has 0 amide bonds. The quantitative estimate of drug-likeness (QED) is 0.838. The molecule has 2 rings (SSSR count). The lowest BCUT2D eigenvalue weighted by Gasteiger charge is -2.18. The molecule has 1 aliphatic rings. The normalized spacial score (nSPS) is 15.1. The number of nitrogens with two attached hydrogens (primary N) is 1. The average molecular weight is 216 g/mol. The van der Waals surface area contributed by atoms with Gasteiger partial charge >= 0.3 is 0 Å². The number of hydrogen-bond donors (Lipinski definition) is 1. The largest absolute Gasteiger partial charge is 0.330 e. The molecular formula is C12H16N4. The van der Waals surface area contributed by atoms with Crippen molar-refractivity contribution in [1.29, 1.82) is 0 Å². The standard InChI is InChI=1S/C12H16N4/c13-7-6-12-8-14-15-16(10-12)9-11-4-2-1-3-5-11/h1-5,10H,6-9,13H2. The van der Waals surface area contributed by atoms with Crippen LogP contribution < -0.4 is 5.73 Å². The van der Waals surface area contributed by atoms with Crippen LogP contribution in [0.4, 0.5) is 0 Å². The molecule has 0 aromatic heterocycles. The van der Waals surface area contributed by atoms with Crippen LogP contribution in [0.5, 0.6) is 0 Å². The summed E-state index contributed by atoms with van der Waals surface area (Å²) in [6, 6.07) is 10.2. The molecule has 0 spiro atoms. The van der Waals surface area contributed by atoms with Crippen molar-refractivity contribution in [3.8, 4) is 0 Å². The fraction of sp³-hybridized carbons (Fsp3) is 0.333. The first-order chi connectivity index (χ1) is 7.88. The third kappa shape index (κ3) is 2.90. The SMILES string of the molecule is NCCC1=CN(Cc2ccccc2)N=NC1. The van der Waals surface area contributed by atoms with Crippen LogP contribution in [0.2, 0.25) is 0 Å². The van der Waals surface area contributed by atoms with Crippen LogP contribution in [0.3, 0.4) is 0 Å². The van der Waals surface area contributed by atoms with Gasteiger partial charge in [-0.25, -0.2) is 0 Å². The molecule has 0 aliphatic carbocycles. The van der Waals surface area contributed by atoms with Crippen LogP contribution >= 0.6 is 0 Å². The number of hydrogen-bond acceptors (Lipinski definition) is 4. The minimum atomic E-state index is 0.667. The molecule has 0 bridgehead atoms. The zero-order chi connectivity index (χ0) is 11.2. The van der Waals surface area contributed by atoms with Crippen LogP contribution in [-0.4, -0.2) is 18.1 Å². The molecular weight excluding hydrogens is 200 g/mol. The van der Waals surface area contributed by atoms with Gasteiger partial charge in [0.1, 0.15) is 0 Å². The Morgan fingerprint density at radius 3 is 2.81 bits per heavy atom. The van der Waals surface area contributed by atoms with E-state index in [9.17, 15) is 0 Å². The van der Waals surface area contributed by atoms with E-state index in [1.54, 1.807) is 0 Å². The van der Waals surface area contributed by atoms with Crippen molar-refractivity contribution in [3.05, 3.63) is 47.7 Å². The Labute approximate surface area is 95.4 Å². The van der Waals surface area contributed by atoms with Gasteiger partial charge in [-0.15, -0.1) is 0 Å². The van der Waals surface area contributed by atoms with Crippen LogP contribution in [-0.2, 0) is 6.54 Å². The highest BCUT2D eigenvalue weighted by Crippen LogP contribution is 2.13. The van der Waals surface area contributed by atoms with Gasteiger partial charge in [-0.1, -0.05) is 35.6 Å². The van der Waals surface area contributed by atoms with Gasteiger partial charge < -0.3 is 5.73 Å². The van der Waals surface area contributed by atoms with Crippen molar-refractivity contribution in [2.75, 3.05) is 13.1 Å². The molecule has 0 radical (unpaired) electrons. The molecule has 4 nitrogen and oxygen atoms in total. The molecule has 0 unspecified atom stereocenters. The Kier molecular flexibility index (Phi) is 3.66. The summed E-state index contributed by atoms with van der Waals surface area (Å²) in [6.45, 7) is 2.11. The van der Waals surface area contributed by atoms with Crippen molar-refractivity contribution >= 4 is 0 Å². The Morgan fingerprint density at radius 1 is 1.25 bits per heavy atom. The van der Waals surface area contributed by atoms with Crippen LogP contribution in [0.25, 0.3) is 0 Å². The third-order valence-corrected chi connectivity index (χ3v) is 2.44. The van der Waals surface area contributed by atoms with Gasteiger partial charge in [-0.3, -0.25) is 5.01 Å². The van der Waals surface area contributed by atoms with E-state index < -0.39 is 0 Å². The van der Waals surface area contributed by atoms with E-state index in [2.05, 4.69) is 22.5 Å². The lowest BCUT2D eigenvalue weighted by atomic mass is 10.2. The summed E-state index contributed by atoms with van der Waals surface area (Å²) in [5.41, 5.74) is 8.00. The zero-order valence-electron chi connectivity index (χ0n) is 9.21. The molecule has 1 aromatic carbocycles. The third-order valence-electron chi connectivity index (χ3n) is 2.44. The highest BCUT2D eigenvalue weighted by Gasteiger charge is 2.07. The minimum absolute atomic E-state index is 0.667. The summed E-state index contributed by atoms with van der Waals surface area (Å²) in [4.78, 5) is 0. The lowest BCUT2D eigenvalue weighted by molar-refractivity contribution is 0.344. The number of nitrogens with zero attached hydrogens (tertiary/aromatic N) is 3. The van der Waals surface area contributed by atoms with Gasteiger partial charge in [-0.2, -0.15) is 5.11 Å². The Bertz CT molecular complexity index is 383. The molecule has 0 saturated carbocycles. The average Bonchev–Trinajstić information content (AvgIpc) is 2.31. The molecule has 0 atom stereocenters. The van der Waals surface area contributed by atoms with Crippen molar-refractivity contribution in [1.82, 2.24) is 5.01 Å². The maximum Gasteiger partial charge on any atom is 0.0848 e. The zero-order valence-corrected chi connectivity index (χ0v) is 9.21. The monoisotopic (exact) mass is 216 g/mol. The van der Waals surface area contributed by atoms with Crippen molar-refractivity contribution < 1.29 is 0 Å². The van der Waals surface area contributed by atoms with E-state index in [0.717, 1.165) is 13.0 Å². The Hall–Kier alpha value is -1.68. The van der Waals surface area contributed by atoms with Crippen LogP contribution in [0, 0.1) is 0 Å². The minimum Gasteiger partial charge on any atom is -0.330 e. The van der Waals surface area contributed by atoms with Gasteiger partial charge in [0.05, 0.1) is 13.1 Å². The van der Waals surface area contributed by atoms with Crippen molar-refractivity contribution in [2.24, 2.45) is 16.1 Å². The fourth-order valence-electron chi connectivity index (χ4n) is 1.66. The molecule has 0 saturated heterocycles. The van der Waals surface area contributed by atoms with Gasteiger partial charge in [-0.05, 0) is 24.1 Å². The lowest BCUT2D eigenvalue weighted by Crippen LogP contribution is -2.15. The molecule has 1 heterocycles. The second-order valence-corrected chi connectivity index (χ2v) is 3.80. The highest BCUT2D eigenvalue weighted by molar-refractivity contribution is 5.15. The van der Waals surface area contributed by atoms with Gasteiger partial charge in [0.2, 0.25) is 0 Å². The smallest absolute Gasteiger partial charge is 0.0848 e. The highest BCUT2D eigenvalue weighted by atomic mass is 15.5. The van der Waals surface area contributed by atoms with E-state index in [1.807, 2.05) is 29.4 Å². The van der Waals surface area contributed by atoms with Crippen molar-refractivity contribution in [3.63, 3.8) is 0 Å². The summed E-state index contributed by atoms with van der Waals surface area (Å²) >= 11 is 0. The summed E-state index contributed by atoms with van der Waals surface area (Å²) in [5, 5.41) is 10.0. The number of rotatable bonds is 4. The first-order valence-electron chi connectivity index (χ1n) is 5.46. The summed E-state index contributed by atoms with van der Waals surface area (Å²) < 4.78 is 0. The van der Waals surface area contributed by atoms with Crippen molar-refractivity contribution in [2.45, 2.75) is 13.0 Å². The Balaban J connectivity index is 2.00. The molecule has 4 heteroatoms. The predicted octanol–water partition coefficient (Wildman–Crippen LogP) is 2.10. The maximum atomic E-state index is 5.53. The topological polar surface area (TPSA) is 54.0 Å². The first kappa shape index (κ1) is 10.8. The molecule has 1 aromatic rings. The summed E-state index contributed by atoms with van der Waals surface area (Å²) in [7, 11) is 0. The van der Waals surface area contributed by atoms with Crippen LogP contribution in [0.1, 0.15) is 12.0 Å². The van der Waals surface area contributed by atoms with E-state index in [4.69, 9.17) is 5.73 Å². The number of benzene rings is 1. The van der Waals surface area contributed by atoms with E-state index in [-0.39, 0.29) is 0 Å². The molecule has 0 fully saturated rings. The van der Waals surface area contributed by atoms with Crippen LogP contribution in [0.15, 0.2) is 52.4 Å². The molecule has 16 heavy (non-hydrogen) atoms. The van der Waals surface area contributed by atoms with E-state index >= 15 is 0 Å². The maximum absolute atomic E-state index is 5.53. The molecule has 84 valence electrons. The first-order valence-corrected chi connectivity index (χ1v) is 5.46. The fourth-order valence-corrected chi connectivity index (χ4v) is 1.66. The second kappa shape index (κ2) is 5.42. The van der Waals surface area contributed by atoms with Gasteiger partial charge in [0.25, 0.3) is 0 Å². The van der Waals surface area contributed by atoms with E-state index in [0.29, 0.717) is 13.1 Å². The molecule has 1 aliphatic heterocycles. The van der Waals surface area contributed by atoms with E-state index in [1.165, 1.54) is 11.1 Å². The summed E-state index contributed by atoms with van der Waals surface area (Å²) in [6.07, 6.45) is 2.94. The second-order valence-electron chi connectivity index (χ2n) is 3.80. The predicted molar refractivity (Wildman–Crippen MR) is 63.5 cm³/mol. The Morgan fingerprint density at radius 2 is 2.06 bits per heavy atom. The summed E-state index contributed by atoms with van der Waals surface area (Å²) in [5.74, 6) is 0. The van der Waals surface area contributed by atoms with Gasteiger partial charge in [0.15, 0.2) is 0 Å².